The van der Waals surface area contributed by atoms with Gasteiger partial charge in [-0.3, -0.25) is 13.9 Å². The van der Waals surface area contributed by atoms with Gasteiger partial charge in [0.15, 0.2) is 0 Å². The standard InChI is InChI=1S/C34H35Br2N3O4S/c1-2-3-20-37-34(41)32(22-26-12-6-4-7-13-26)38(24-27-14-10-15-28(35)21-27)33(40)25-39(30-17-11-16-29(36)23-30)44(42,43)31-18-8-5-9-19-31/h4-19,21,23,32H,2-3,20,22,24-25H2,1H3,(H,37,41)/t32-/m1/s1. The van der Waals surface area contributed by atoms with Crippen LogP contribution in [-0.2, 0) is 32.6 Å². The Morgan fingerprint density at radius 3 is 2.05 bits per heavy atom. The quantitative estimate of drug-likeness (QED) is 0.142. The maximum absolute atomic E-state index is 14.5. The number of unbranched alkanes of at least 4 members (excludes halogenated alkanes) is 1. The number of hydrogen-bond acceptors (Lipinski definition) is 4. The van der Waals surface area contributed by atoms with Crippen LogP contribution in [0.5, 0.6) is 0 Å². The number of halogens is 2. The second-order valence-corrected chi connectivity index (χ2v) is 14.0. The molecule has 1 atom stereocenters. The van der Waals surface area contributed by atoms with E-state index in [4.69, 9.17) is 0 Å². The lowest BCUT2D eigenvalue weighted by Crippen LogP contribution is -2.53. The minimum Gasteiger partial charge on any atom is -0.354 e. The maximum atomic E-state index is 14.5. The molecule has 10 heteroatoms. The lowest BCUT2D eigenvalue weighted by Gasteiger charge is -2.34. The third-order valence-electron chi connectivity index (χ3n) is 7.05. The first-order valence-electron chi connectivity index (χ1n) is 14.4. The third kappa shape index (κ3) is 9.03. The zero-order valence-corrected chi connectivity index (χ0v) is 28.4. The Bertz CT molecular complexity index is 1650. The molecular weight excluding hydrogens is 706 g/mol. The summed E-state index contributed by atoms with van der Waals surface area (Å²) >= 11 is 6.94. The van der Waals surface area contributed by atoms with Gasteiger partial charge in [0.05, 0.1) is 10.6 Å². The molecule has 0 aliphatic rings. The van der Waals surface area contributed by atoms with Crippen LogP contribution in [0.3, 0.4) is 0 Å². The number of sulfonamides is 1. The fourth-order valence-electron chi connectivity index (χ4n) is 4.77. The Balaban J connectivity index is 1.78. The minimum atomic E-state index is -4.14. The second-order valence-electron chi connectivity index (χ2n) is 10.3. The first kappa shape index (κ1) is 33.4. The molecule has 2 amide bonds. The molecule has 0 aliphatic heterocycles. The molecule has 0 aliphatic carbocycles. The molecule has 4 rings (SSSR count). The molecule has 1 N–H and O–H groups in total. The van der Waals surface area contributed by atoms with Gasteiger partial charge in [-0.1, -0.05) is 112 Å². The monoisotopic (exact) mass is 739 g/mol. The van der Waals surface area contributed by atoms with E-state index in [2.05, 4.69) is 37.2 Å². The minimum absolute atomic E-state index is 0.0597. The van der Waals surface area contributed by atoms with E-state index in [9.17, 15) is 18.0 Å². The van der Waals surface area contributed by atoms with Gasteiger partial charge >= 0.3 is 0 Å². The number of amides is 2. The summed E-state index contributed by atoms with van der Waals surface area (Å²) in [4.78, 5) is 29.8. The molecule has 7 nitrogen and oxygen atoms in total. The van der Waals surface area contributed by atoms with Crippen molar-refractivity contribution in [3.8, 4) is 0 Å². The van der Waals surface area contributed by atoms with E-state index in [1.165, 1.54) is 17.0 Å². The van der Waals surface area contributed by atoms with Crippen LogP contribution in [0.25, 0.3) is 0 Å². The van der Waals surface area contributed by atoms with Crippen LogP contribution in [0.15, 0.2) is 123 Å². The van der Waals surface area contributed by atoms with Crippen molar-refractivity contribution >= 4 is 59.4 Å². The zero-order chi connectivity index (χ0) is 31.5. The van der Waals surface area contributed by atoms with Crippen LogP contribution in [-0.4, -0.2) is 44.3 Å². The van der Waals surface area contributed by atoms with Crippen molar-refractivity contribution in [2.75, 3.05) is 17.4 Å². The topological polar surface area (TPSA) is 86.8 Å². The molecule has 0 aromatic heterocycles. The second kappa shape index (κ2) is 16.0. The summed E-state index contributed by atoms with van der Waals surface area (Å²) in [6.45, 7) is 2.12. The van der Waals surface area contributed by atoms with Gasteiger partial charge in [0.2, 0.25) is 11.8 Å². The summed E-state index contributed by atoms with van der Waals surface area (Å²) < 4.78 is 30.7. The van der Waals surface area contributed by atoms with Gasteiger partial charge in [0.25, 0.3) is 10.0 Å². The number of carbonyl (C=O) groups is 2. The van der Waals surface area contributed by atoms with Crippen molar-refractivity contribution in [2.24, 2.45) is 0 Å². The first-order chi connectivity index (χ1) is 21.2. The first-order valence-corrected chi connectivity index (χ1v) is 17.4. The Hall–Kier alpha value is -3.47. The van der Waals surface area contributed by atoms with E-state index in [-0.39, 0.29) is 23.8 Å². The largest absolute Gasteiger partial charge is 0.354 e. The van der Waals surface area contributed by atoms with Gasteiger partial charge in [-0.25, -0.2) is 8.42 Å². The molecule has 0 radical (unpaired) electrons. The van der Waals surface area contributed by atoms with E-state index < -0.39 is 28.5 Å². The van der Waals surface area contributed by atoms with E-state index in [0.717, 1.165) is 32.7 Å². The van der Waals surface area contributed by atoms with Gasteiger partial charge in [-0.15, -0.1) is 0 Å². The number of nitrogens with zero attached hydrogens (tertiary/aromatic N) is 2. The predicted molar refractivity (Wildman–Crippen MR) is 182 cm³/mol. The number of anilines is 1. The molecule has 0 unspecified atom stereocenters. The molecule has 0 heterocycles. The van der Waals surface area contributed by atoms with Crippen LogP contribution in [0.2, 0.25) is 0 Å². The van der Waals surface area contributed by atoms with E-state index in [0.29, 0.717) is 16.7 Å². The summed E-state index contributed by atoms with van der Waals surface area (Å²) in [5, 5.41) is 3.00. The number of hydrogen-bond donors (Lipinski definition) is 1. The van der Waals surface area contributed by atoms with Crippen LogP contribution in [0.1, 0.15) is 30.9 Å². The molecule has 230 valence electrons. The van der Waals surface area contributed by atoms with Crippen molar-refractivity contribution in [1.29, 1.82) is 0 Å². The average Bonchev–Trinajstić information content (AvgIpc) is 3.02. The lowest BCUT2D eigenvalue weighted by atomic mass is 10.0. The van der Waals surface area contributed by atoms with Crippen molar-refractivity contribution in [3.05, 3.63) is 129 Å². The highest BCUT2D eigenvalue weighted by Gasteiger charge is 2.34. The van der Waals surface area contributed by atoms with Crippen molar-refractivity contribution in [3.63, 3.8) is 0 Å². The van der Waals surface area contributed by atoms with Crippen LogP contribution in [0, 0.1) is 0 Å². The molecular formula is C34H35Br2N3O4S. The Kier molecular flexibility index (Phi) is 12.2. The highest BCUT2D eigenvalue weighted by molar-refractivity contribution is 9.10. The summed E-state index contributed by atoms with van der Waals surface area (Å²) in [6, 6.07) is 31.0. The van der Waals surface area contributed by atoms with Crippen molar-refractivity contribution < 1.29 is 18.0 Å². The van der Waals surface area contributed by atoms with Gasteiger partial charge in [-0.2, -0.15) is 0 Å². The molecule has 0 saturated carbocycles. The fraction of sp³-hybridized carbons (Fsp3) is 0.235. The molecule has 44 heavy (non-hydrogen) atoms. The average molecular weight is 742 g/mol. The normalized spacial score (nSPS) is 11.9. The summed E-state index contributed by atoms with van der Waals surface area (Å²) in [6.07, 6.45) is 1.97. The molecule has 4 aromatic rings. The highest BCUT2D eigenvalue weighted by atomic mass is 79.9. The molecule has 0 saturated heterocycles. The zero-order valence-electron chi connectivity index (χ0n) is 24.4. The highest BCUT2D eigenvalue weighted by Crippen LogP contribution is 2.27. The third-order valence-corrected chi connectivity index (χ3v) is 9.82. The van der Waals surface area contributed by atoms with Gasteiger partial charge in [0.1, 0.15) is 12.6 Å². The van der Waals surface area contributed by atoms with Crippen LogP contribution < -0.4 is 9.62 Å². The number of carbonyl (C=O) groups excluding carboxylic acids is 2. The Morgan fingerprint density at radius 1 is 0.795 bits per heavy atom. The number of rotatable bonds is 14. The van der Waals surface area contributed by atoms with E-state index in [1.807, 2.05) is 61.5 Å². The molecule has 0 bridgehead atoms. The van der Waals surface area contributed by atoms with E-state index in [1.54, 1.807) is 42.5 Å². The summed E-state index contributed by atoms with van der Waals surface area (Å²) in [5.41, 5.74) is 2.01. The van der Waals surface area contributed by atoms with E-state index >= 15 is 0 Å². The Labute approximate surface area is 276 Å². The maximum Gasteiger partial charge on any atom is 0.264 e. The number of nitrogens with one attached hydrogen (secondary N) is 1. The molecule has 0 spiro atoms. The summed E-state index contributed by atoms with van der Waals surface area (Å²) in [7, 11) is -4.14. The smallest absolute Gasteiger partial charge is 0.264 e. The SMILES string of the molecule is CCCCNC(=O)[C@@H](Cc1ccccc1)N(Cc1cccc(Br)c1)C(=O)CN(c1cccc(Br)c1)S(=O)(=O)c1ccccc1. The van der Waals surface area contributed by atoms with Crippen LogP contribution in [0.4, 0.5) is 5.69 Å². The Morgan fingerprint density at radius 2 is 1.41 bits per heavy atom. The van der Waals surface area contributed by atoms with Crippen molar-refractivity contribution in [2.45, 2.75) is 43.7 Å². The van der Waals surface area contributed by atoms with Crippen molar-refractivity contribution in [1.82, 2.24) is 10.2 Å². The fourth-order valence-corrected chi connectivity index (χ4v) is 7.03. The van der Waals surface area contributed by atoms with Gasteiger partial charge in [-0.05, 0) is 60.0 Å². The number of benzene rings is 4. The molecule has 4 aromatic carbocycles. The van der Waals surface area contributed by atoms with Crippen LogP contribution >= 0.6 is 31.9 Å². The summed E-state index contributed by atoms with van der Waals surface area (Å²) in [5.74, 6) is -0.790. The lowest BCUT2D eigenvalue weighted by molar-refractivity contribution is -0.140. The van der Waals surface area contributed by atoms with Gasteiger partial charge < -0.3 is 10.2 Å². The molecule has 0 fully saturated rings. The van der Waals surface area contributed by atoms with Gasteiger partial charge in [0, 0.05) is 28.5 Å². The predicted octanol–water partition coefficient (Wildman–Crippen LogP) is 6.96.